The molecule has 0 radical (unpaired) electrons. The smallest absolute Gasteiger partial charge is 0.319 e. The van der Waals surface area contributed by atoms with Crippen molar-refractivity contribution in [3.05, 3.63) is 45.6 Å². The molecule has 0 aliphatic rings. The van der Waals surface area contributed by atoms with Gasteiger partial charge in [0.05, 0.1) is 5.39 Å². The van der Waals surface area contributed by atoms with Crippen LogP contribution in [0.25, 0.3) is 21.3 Å². The summed E-state index contributed by atoms with van der Waals surface area (Å²) in [7, 11) is 0. The number of thioether (sulfide) groups is 1. The molecule has 3 rings (SSSR count). The number of aromatic amines is 1. The Morgan fingerprint density at radius 3 is 2.58 bits per heavy atom. The maximum atomic E-state index is 12.6. The van der Waals surface area contributed by atoms with E-state index < -0.39 is 10.7 Å². The summed E-state index contributed by atoms with van der Waals surface area (Å²) in [5, 5.41) is 10.1. The van der Waals surface area contributed by atoms with Crippen LogP contribution in [0.3, 0.4) is 0 Å². The van der Waals surface area contributed by atoms with Gasteiger partial charge in [-0.15, -0.1) is 11.3 Å². The number of H-pyrrole nitrogens is 1. The van der Waals surface area contributed by atoms with Crippen molar-refractivity contribution in [2.24, 2.45) is 0 Å². The van der Waals surface area contributed by atoms with E-state index in [2.05, 4.69) is 9.97 Å². The number of aliphatic carboxylic acids is 1. The van der Waals surface area contributed by atoms with Crippen molar-refractivity contribution in [2.75, 3.05) is 0 Å². The van der Waals surface area contributed by atoms with Crippen LogP contribution in [0.5, 0.6) is 0 Å². The van der Waals surface area contributed by atoms with Gasteiger partial charge in [-0.1, -0.05) is 42.1 Å². The van der Waals surface area contributed by atoms with E-state index in [-0.39, 0.29) is 5.56 Å². The molecule has 24 heavy (non-hydrogen) atoms. The highest BCUT2D eigenvalue weighted by Gasteiger charge is 2.30. The predicted octanol–water partition coefficient (Wildman–Crippen LogP) is 3.92. The van der Waals surface area contributed by atoms with Crippen LogP contribution in [0.1, 0.15) is 18.7 Å². The molecule has 0 bridgehead atoms. The number of carboxylic acid groups (broad SMARTS) is 1. The summed E-state index contributed by atoms with van der Waals surface area (Å²) in [5.41, 5.74) is 1.62. The Morgan fingerprint density at radius 1 is 1.29 bits per heavy atom. The number of fused-ring (bicyclic) bond motifs is 1. The van der Waals surface area contributed by atoms with Gasteiger partial charge in [0.2, 0.25) is 0 Å². The van der Waals surface area contributed by atoms with Crippen LogP contribution < -0.4 is 5.56 Å². The molecule has 0 spiro atoms. The SMILES string of the molecule is Cc1sc2nc(SC(C)(C)C(=O)O)[nH]c(=O)c2c1-c1ccccc1. The zero-order valence-electron chi connectivity index (χ0n) is 13.4. The van der Waals surface area contributed by atoms with E-state index in [1.165, 1.54) is 11.3 Å². The van der Waals surface area contributed by atoms with Crippen LogP contribution in [0.15, 0.2) is 40.3 Å². The molecule has 0 unspecified atom stereocenters. The molecule has 0 fully saturated rings. The van der Waals surface area contributed by atoms with Crippen molar-refractivity contribution in [3.63, 3.8) is 0 Å². The maximum Gasteiger partial charge on any atom is 0.319 e. The highest BCUT2D eigenvalue weighted by molar-refractivity contribution is 8.01. The number of aryl methyl sites for hydroxylation is 1. The standard InChI is InChI=1S/C17H16N2O3S2/c1-9-11(10-7-5-4-6-8-10)12-13(20)18-16(19-14(12)23-9)24-17(2,3)15(21)22/h4-8H,1-3H3,(H,21,22)(H,18,19,20). The third kappa shape index (κ3) is 2.97. The van der Waals surface area contributed by atoms with Gasteiger partial charge in [0.15, 0.2) is 5.16 Å². The van der Waals surface area contributed by atoms with E-state index in [4.69, 9.17) is 0 Å². The lowest BCUT2D eigenvalue weighted by Crippen LogP contribution is -2.27. The Hall–Kier alpha value is -2.12. The summed E-state index contributed by atoms with van der Waals surface area (Å²) in [5.74, 6) is -0.956. The molecule has 0 saturated heterocycles. The Morgan fingerprint density at radius 2 is 1.96 bits per heavy atom. The summed E-state index contributed by atoms with van der Waals surface area (Å²) in [6.45, 7) is 5.13. The van der Waals surface area contributed by atoms with Gasteiger partial charge in [-0.25, -0.2) is 4.98 Å². The van der Waals surface area contributed by atoms with Crippen LogP contribution in [0.4, 0.5) is 0 Å². The fourth-order valence-corrected chi connectivity index (χ4v) is 4.34. The highest BCUT2D eigenvalue weighted by Crippen LogP contribution is 2.37. The van der Waals surface area contributed by atoms with E-state index in [1.807, 2.05) is 37.3 Å². The second kappa shape index (κ2) is 6.07. The highest BCUT2D eigenvalue weighted by atomic mass is 32.2. The predicted molar refractivity (Wildman–Crippen MR) is 98.0 cm³/mol. The fraction of sp³-hybridized carbons (Fsp3) is 0.235. The first kappa shape index (κ1) is 16.7. The first-order valence-electron chi connectivity index (χ1n) is 7.31. The minimum absolute atomic E-state index is 0.244. The number of nitrogens with zero attached hydrogens (tertiary/aromatic N) is 1. The lowest BCUT2D eigenvalue weighted by molar-refractivity contribution is -0.138. The van der Waals surface area contributed by atoms with Gasteiger partial charge in [-0.3, -0.25) is 9.59 Å². The summed E-state index contributed by atoms with van der Waals surface area (Å²) >= 11 is 2.48. The third-order valence-corrected chi connectivity index (χ3v) is 5.72. The molecule has 124 valence electrons. The van der Waals surface area contributed by atoms with Gasteiger partial charge in [-0.05, 0) is 26.3 Å². The summed E-state index contributed by atoms with van der Waals surface area (Å²) < 4.78 is -1.07. The molecule has 0 aliphatic heterocycles. The minimum Gasteiger partial charge on any atom is -0.480 e. The number of hydrogen-bond acceptors (Lipinski definition) is 5. The number of thiophene rings is 1. The monoisotopic (exact) mass is 360 g/mol. The Kier molecular flexibility index (Phi) is 4.23. The second-order valence-corrected chi connectivity index (χ2v) is 8.68. The summed E-state index contributed by atoms with van der Waals surface area (Å²) in [6, 6.07) is 9.71. The van der Waals surface area contributed by atoms with Gasteiger partial charge in [0, 0.05) is 10.4 Å². The number of rotatable bonds is 4. The molecule has 2 N–H and O–H groups in total. The van der Waals surface area contributed by atoms with E-state index in [0.717, 1.165) is 27.8 Å². The van der Waals surface area contributed by atoms with Crippen LogP contribution >= 0.6 is 23.1 Å². The van der Waals surface area contributed by atoms with E-state index in [9.17, 15) is 14.7 Å². The molecule has 2 aromatic heterocycles. The number of nitrogens with one attached hydrogen (secondary N) is 1. The average molecular weight is 360 g/mol. The van der Waals surface area contributed by atoms with Crippen molar-refractivity contribution in [1.29, 1.82) is 0 Å². The molecular formula is C17H16N2O3S2. The minimum atomic E-state index is -1.07. The zero-order chi connectivity index (χ0) is 17.5. The number of carboxylic acids is 1. The van der Waals surface area contributed by atoms with Gasteiger partial charge in [0.25, 0.3) is 5.56 Å². The molecule has 1 aromatic carbocycles. The maximum absolute atomic E-state index is 12.6. The lowest BCUT2D eigenvalue weighted by atomic mass is 10.0. The molecule has 0 atom stereocenters. The fourth-order valence-electron chi connectivity index (χ4n) is 2.39. The largest absolute Gasteiger partial charge is 0.480 e. The van der Waals surface area contributed by atoms with E-state index in [1.54, 1.807) is 13.8 Å². The van der Waals surface area contributed by atoms with Crippen LogP contribution in [-0.4, -0.2) is 25.8 Å². The Bertz CT molecular complexity index is 975. The van der Waals surface area contributed by atoms with E-state index >= 15 is 0 Å². The van der Waals surface area contributed by atoms with Gasteiger partial charge >= 0.3 is 5.97 Å². The molecule has 5 nitrogen and oxygen atoms in total. The summed E-state index contributed by atoms with van der Waals surface area (Å²) in [4.78, 5) is 32.7. The van der Waals surface area contributed by atoms with Crippen LogP contribution in [0.2, 0.25) is 0 Å². The normalized spacial score (nSPS) is 11.8. The molecule has 0 amide bonds. The number of aromatic nitrogens is 2. The van der Waals surface area contributed by atoms with Crippen molar-refractivity contribution in [1.82, 2.24) is 9.97 Å². The Balaban J connectivity index is 2.16. The van der Waals surface area contributed by atoms with Crippen molar-refractivity contribution in [2.45, 2.75) is 30.7 Å². The lowest BCUT2D eigenvalue weighted by Gasteiger charge is -2.16. The first-order valence-corrected chi connectivity index (χ1v) is 8.94. The average Bonchev–Trinajstić information content (AvgIpc) is 2.84. The third-order valence-electron chi connectivity index (χ3n) is 3.65. The number of carbonyl (C=O) groups is 1. The zero-order valence-corrected chi connectivity index (χ0v) is 15.0. The quantitative estimate of drug-likeness (QED) is 0.544. The number of hydrogen-bond donors (Lipinski definition) is 2. The van der Waals surface area contributed by atoms with Crippen LogP contribution in [-0.2, 0) is 4.79 Å². The summed E-state index contributed by atoms with van der Waals surface area (Å²) in [6.07, 6.45) is 0. The topological polar surface area (TPSA) is 83.0 Å². The second-order valence-electron chi connectivity index (χ2n) is 5.87. The van der Waals surface area contributed by atoms with Crippen molar-refractivity contribution < 1.29 is 9.90 Å². The first-order chi connectivity index (χ1) is 11.3. The van der Waals surface area contributed by atoms with Crippen molar-refractivity contribution >= 4 is 39.3 Å². The van der Waals surface area contributed by atoms with Gasteiger partial charge in [-0.2, -0.15) is 0 Å². The van der Waals surface area contributed by atoms with Gasteiger partial charge in [0.1, 0.15) is 9.58 Å². The number of benzene rings is 1. The molecule has 7 heteroatoms. The molecule has 0 saturated carbocycles. The molecular weight excluding hydrogens is 344 g/mol. The molecule has 2 heterocycles. The molecule has 3 aromatic rings. The Labute approximate surface area is 146 Å². The van der Waals surface area contributed by atoms with Crippen LogP contribution in [0, 0.1) is 6.92 Å². The van der Waals surface area contributed by atoms with Crippen molar-refractivity contribution in [3.8, 4) is 11.1 Å². The van der Waals surface area contributed by atoms with Gasteiger partial charge < -0.3 is 10.1 Å². The van der Waals surface area contributed by atoms with E-state index in [0.29, 0.717) is 15.4 Å². The molecule has 0 aliphatic carbocycles.